The van der Waals surface area contributed by atoms with Crippen molar-refractivity contribution < 1.29 is 4.79 Å². The van der Waals surface area contributed by atoms with Crippen LogP contribution in [0.25, 0.3) is 0 Å². The molecule has 1 nitrogen and oxygen atoms in total. The molecule has 11 heavy (non-hydrogen) atoms. The standard InChI is InChI=1S/C9H13ClO/c1-5-9(4)6(7(10)11)8(9,2)3/h5-6H,1H2,2-4H3. The Morgan fingerprint density at radius 2 is 2.00 bits per heavy atom. The van der Waals surface area contributed by atoms with Gasteiger partial charge in [-0.3, -0.25) is 4.79 Å². The van der Waals surface area contributed by atoms with Gasteiger partial charge in [0, 0.05) is 11.3 Å². The molecule has 1 aliphatic rings. The van der Waals surface area contributed by atoms with Gasteiger partial charge in [-0.1, -0.05) is 26.8 Å². The van der Waals surface area contributed by atoms with Crippen LogP contribution in [0.1, 0.15) is 20.8 Å². The first kappa shape index (κ1) is 8.79. The van der Waals surface area contributed by atoms with Crippen LogP contribution in [0.5, 0.6) is 0 Å². The average molecular weight is 173 g/mol. The van der Waals surface area contributed by atoms with Crippen molar-refractivity contribution in [2.45, 2.75) is 20.8 Å². The molecular weight excluding hydrogens is 160 g/mol. The van der Waals surface area contributed by atoms with Gasteiger partial charge in [0.15, 0.2) is 0 Å². The number of hydrogen-bond acceptors (Lipinski definition) is 1. The van der Waals surface area contributed by atoms with E-state index in [1.165, 1.54) is 0 Å². The van der Waals surface area contributed by atoms with Crippen molar-refractivity contribution in [3.63, 3.8) is 0 Å². The maximum absolute atomic E-state index is 10.9. The van der Waals surface area contributed by atoms with Crippen LogP contribution < -0.4 is 0 Å². The fourth-order valence-corrected chi connectivity index (χ4v) is 2.41. The largest absolute Gasteiger partial charge is 0.281 e. The Bertz CT molecular complexity index is 220. The Morgan fingerprint density at radius 1 is 1.55 bits per heavy atom. The van der Waals surface area contributed by atoms with Gasteiger partial charge in [-0.25, -0.2) is 0 Å². The van der Waals surface area contributed by atoms with Crippen molar-refractivity contribution in [1.82, 2.24) is 0 Å². The Morgan fingerprint density at radius 3 is 2.09 bits per heavy atom. The van der Waals surface area contributed by atoms with Gasteiger partial charge in [0.25, 0.3) is 0 Å². The Kier molecular flexibility index (Phi) is 1.68. The highest BCUT2D eigenvalue weighted by Gasteiger charge is 2.69. The van der Waals surface area contributed by atoms with E-state index in [-0.39, 0.29) is 22.0 Å². The van der Waals surface area contributed by atoms with E-state index in [0.717, 1.165) is 0 Å². The van der Waals surface area contributed by atoms with E-state index in [4.69, 9.17) is 11.6 Å². The molecular formula is C9H13ClO. The summed E-state index contributed by atoms with van der Waals surface area (Å²) >= 11 is 5.44. The van der Waals surface area contributed by atoms with Crippen molar-refractivity contribution in [3.8, 4) is 0 Å². The molecule has 2 unspecified atom stereocenters. The SMILES string of the molecule is C=CC1(C)C(C(=O)Cl)C1(C)C. The first-order valence-electron chi connectivity index (χ1n) is 3.71. The first-order chi connectivity index (χ1) is 4.88. The molecule has 0 aromatic carbocycles. The van der Waals surface area contributed by atoms with Crippen LogP contribution >= 0.6 is 11.6 Å². The topological polar surface area (TPSA) is 17.1 Å². The summed E-state index contributed by atoms with van der Waals surface area (Å²) in [7, 11) is 0. The van der Waals surface area contributed by atoms with E-state index in [1.54, 1.807) is 0 Å². The van der Waals surface area contributed by atoms with Crippen LogP contribution in [-0.2, 0) is 4.79 Å². The highest BCUT2D eigenvalue weighted by atomic mass is 35.5. The molecule has 0 heterocycles. The van der Waals surface area contributed by atoms with E-state index in [1.807, 2.05) is 26.8 Å². The van der Waals surface area contributed by atoms with Crippen LogP contribution in [0.15, 0.2) is 12.7 Å². The molecule has 0 saturated heterocycles. The second-order valence-corrected chi connectivity index (χ2v) is 4.32. The number of halogens is 1. The Hall–Kier alpha value is -0.300. The van der Waals surface area contributed by atoms with Gasteiger partial charge in [0.1, 0.15) is 0 Å². The Balaban J connectivity index is 2.92. The highest BCUT2D eigenvalue weighted by Crippen LogP contribution is 2.69. The van der Waals surface area contributed by atoms with E-state index < -0.39 is 0 Å². The van der Waals surface area contributed by atoms with Gasteiger partial charge in [-0.05, 0) is 17.0 Å². The number of carbonyl (C=O) groups excluding carboxylic acids is 1. The number of carbonyl (C=O) groups is 1. The summed E-state index contributed by atoms with van der Waals surface area (Å²) in [6.45, 7) is 9.81. The zero-order chi connectivity index (χ0) is 8.86. The van der Waals surface area contributed by atoms with Crippen molar-refractivity contribution in [1.29, 1.82) is 0 Å². The number of rotatable bonds is 2. The molecule has 1 saturated carbocycles. The molecule has 0 amide bonds. The van der Waals surface area contributed by atoms with Gasteiger partial charge in [0.05, 0.1) is 0 Å². The zero-order valence-electron chi connectivity index (χ0n) is 7.15. The van der Waals surface area contributed by atoms with Gasteiger partial charge in [0.2, 0.25) is 5.24 Å². The van der Waals surface area contributed by atoms with Crippen molar-refractivity contribution in [2.75, 3.05) is 0 Å². The maximum Gasteiger partial charge on any atom is 0.226 e. The molecule has 1 aliphatic carbocycles. The van der Waals surface area contributed by atoms with Gasteiger partial charge < -0.3 is 0 Å². The predicted molar refractivity (Wildman–Crippen MR) is 46.4 cm³/mol. The summed E-state index contributed by atoms with van der Waals surface area (Å²) in [6, 6.07) is 0. The third-order valence-corrected chi connectivity index (χ3v) is 3.50. The summed E-state index contributed by atoms with van der Waals surface area (Å²) < 4.78 is 0. The molecule has 2 atom stereocenters. The van der Waals surface area contributed by atoms with Gasteiger partial charge >= 0.3 is 0 Å². The van der Waals surface area contributed by atoms with Crippen molar-refractivity contribution >= 4 is 16.8 Å². The molecule has 0 bridgehead atoms. The zero-order valence-corrected chi connectivity index (χ0v) is 7.90. The fraction of sp³-hybridized carbons (Fsp3) is 0.667. The lowest BCUT2D eigenvalue weighted by molar-refractivity contribution is -0.113. The normalized spacial score (nSPS) is 39.8. The highest BCUT2D eigenvalue weighted by molar-refractivity contribution is 6.64. The number of allylic oxidation sites excluding steroid dienone is 1. The molecule has 1 rings (SSSR count). The molecule has 2 heteroatoms. The summed E-state index contributed by atoms with van der Waals surface area (Å²) in [5.41, 5.74) is -0.0978. The van der Waals surface area contributed by atoms with E-state index in [0.29, 0.717) is 0 Å². The van der Waals surface area contributed by atoms with Crippen LogP contribution in [0.3, 0.4) is 0 Å². The Labute approximate surface area is 72.4 Å². The second-order valence-electron chi connectivity index (χ2n) is 3.95. The van der Waals surface area contributed by atoms with Crippen LogP contribution in [-0.4, -0.2) is 5.24 Å². The lowest BCUT2D eigenvalue weighted by Crippen LogP contribution is -1.98. The summed E-state index contributed by atoms with van der Waals surface area (Å²) in [4.78, 5) is 10.9. The minimum atomic E-state index is -0.239. The van der Waals surface area contributed by atoms with Crippen molar-refractivity contribution in [2.24, 2.45) is 16.7 Å². The lowest BCUT2D eigenvalue weighted by atomic mass is 9.99. The molecule has 62 valence electrons. The molecule has 0 aromatic rings. The van der Waals surface area contributed by atoms with Crippen molar-refractivity contribution in [3.05, 3.63) is 12.7 Å². The molecule has 0 aromatic heterocycles. The number of hydrogen-bond donors (Lipinski definition) is 0. The molecule has 0 N–H and O–H groups in total. The van der Waals surface area contributed by atoms with Crippen LogP contribution in [0, 0.1) is 16.7 Å². The minimum Gasteiger partial charge on any atom is -0.281 e. The molecule has 1 fully saturated rings. The second kappa shape index (κ2) is 2.10. The maximum atomic E-state index is 10.9. The third kappa shape index (κ3) is 0.871. The smallest absolute Gasteiger partial charge is 0.226 e. The van der Waals surface area contributed by atoms with E-state index in [2.05, 4.69) is 6.58 Å². The summed E-state index contributed by atoms with van der Waals surface area (Å²) in [6.07, 6.45) is 1.83. The monoisotopic (exact) mass is 172 g/mol. The predicted octanol–water partition coefficient (Wildman–Crippen LogP) is 2.60. The quantitative estimate of drug-likeness (QED) is 0.462. The fourth-order valence-electron chi connectivity index (χ4n) is 1.91. The molecule has 0 spiro atoms. The first-order valence-corrected chi connectivity index (χ1v) is 4.08. The van der Waals surface area contributed by atoms with Gasteiger partial charge in [-0.15, -0.1) is 6.58 Å². The summed E-state index contributed by atoms with van der Waals surface area (Å²) in [5.74, 6) is -0.0471. The van der Waals surface area contributed by atoms with E-state index in [9.17, 15) is 4.79 Å². The van der Waals surface area contributed by atoms with Crippen LogP contribution in [0.2, 0.25) is 0 Å². The molecule has 0 radical (unpaired) electrons. The summed E-state index contributed by atoms with van der Waals surface area (Å²) in [5, 5.41) is -0.239. The minimum absolute atomic E-state index is 0.00637. The van der Waals surface area contributed by atoms with E-state index >= 15 is 0 Å². The van der Waals surface area contributed by atoms with Gasteiger partial charge in [-0.2, -0.15) is 0 Å². The average Bonchev–Trinajstić information content (AvgIpc) is 2.29. The van der Waals surface area contributed by atoms with Crippen LogP contribution in [0.4, 0.5) is 0 Å². The molecule has 0 aliphatic heterocycles. The lowest BCUT2D eigenvalue weighted by Gasteiger charge is -2.05. The third-order valence-electron chi connectivity index (χ3n) is 3.28.